The van der Waals surface area contributed by atoms with Crippen molar-refractivity contribution in [3.63, 3.8) is 0 Å². The van der Waals surface area contributed by atoms with Crippen molar-refractivity contribution in [2.24, 2.45) is 5.92 Å². The molecule has 0 saturated heterocycles. The summed E-state index contributed by atoms with van der Waals surface area (Å²) in [6.45, 7) is 1.72. The van der Waals surface area contributed by atoms with Crippen molar-refractivity contribution in [2.45, 2.75) is 16.8 Å². The molecule has 0 fully saturated rings. The molecular formula is C11H17ClN2O4S2. The van der Waals surface area contributed by atoms with Crippen LogP contribution in [0, 0.1) is 5.92 Å². The van der Waals surface area contributed by atoms with Gasteiger partial charge in [-0.1, -0.05) is 6.92 Å². The average molecular weight is 341 g/mol. The van der Waals surface area contributed by atoms with E-state index in [0.717, 1.165) is 10.5 Å². The van der Waals surface area contributed by atoms with Gasteiger partial charge in [-0.15, -0.1) is 11.6 Å². The predicted molar refractivity (Wildman–Crippen MR) is 77.0 cm³/mol. The number of hydrogen-bond donors (Lipinski definition) is 0. The third kappa shape index (κ3) is 3.91. The zero-order chi connectivity index (χ0) is 15.6. The van der Waals surface area contributed by atoms with E-state index < -0.39 is 19.9 Å². The van der Waals surface area contributed by atoms with Gasteiger partial charge in [0.05, 0.1) is 5.75 Å². The van der Waals surface area contributed by atoms with Crippen LogP contribution in [0.25, 0.3) is 0 Å². The first kappa shape index (κ1) is 17.4. The fourth-order valence-corrected chi connectivity index (χ4v) is 4.03. The maximum absolute atomic E-state index is 12.0. The number of sulfonamides is 1. The van der Waals surface area contributed by atoms with E-state index in [1.807, 2.05) is 0 Å². The van der Waals surface area contributed by atoms with Crippen molar-refractivity contribution in [2.75, 3.05) is 25.7 Å². The molecule has 9 heteroatoms. The molecule has 1 aromatic rings. The summed E-state index contributed by atoms with van der Waals surface area (Å²) in [7, 11) is -4.39. The number of rotatable bonds is 6. The van der Waals surface area contributed by atoms with Gasteiger partial charge in [-0.3, -0.25) is 0 Å². The highest BCUT2D eigenvalue weighted by atomic mass is 35.5. The van der Waals surface area contributed by atoms with Gasteiger partial charge in [0, 0.05) is 26.2 Å². The molecule has 0 aliphatic carbocycles. The van der Waals surface area contributed by atoms with Crippen LogP contribution in [-0.2, 0) is 19.9 Å². The molecule has 1 rings (SSSR count). The number of pyridine rings is 1. The summed E-state index contributed by atoms with van der Waals surface area (Å²) < 4.78 is 48.7. The minimum atomic E-state index is -3.61. The minimum absolute atomic E-state index is 0.0492. The summed E-state index contributed by atoms with van der Waals surface area (Å²) in [4.78, 5) is 3.70. The molecule has 0 spiro atoms. The van der Waals surface area contributed by atoms with Gasteiger partial charge in [0.1, 0.15) is 4.90 Å². The summed E-state index contributed by atoms with van der Waals surface area (Å²) in [5, 5.41) is -0.146. The third-order valence-electron chi connectivity index (χ3n) is 2.57. The van der Waals surface area contributed by atoms with Crippen LogP contribution < -0.4 is 0 Å². The van der Waals surface area contributed by atoms with Crippen molar-refractivity contribution in [3.05, 3.63) is 18.3 Å². The van der Waals surface area contributed by atoms with Crippen molar-refractivity contribution >= 4 is 31.5 Å². The Morgan fingerprint density at radius 1 is 1.25 bits per heavy atom. The summed E-state index contributed by atoms with van der Waals surface area (Å²) >= 11 is 5.60. The monoisotopic (exact) mass is 340 g/mol. The number of hydrogen-bond acceptors (Lipinski definition) is 5. The molecule has 0 radical (unpaired) electrons. The van der Waals surface area contributed by atoms with Gasteiger partial charge in [0.15, 0.2) is 14.9 Å². The van der Waals surface area contributed by atoms with Crippen molar-refractivity contribution in [1.29, 1.82) is 0 Å². The van der Waals surface area contributed by atoms with E-state index in [-0.39, 0.29) is 27.5 Å². The molecule has 1 atom stereocenters. The van der Waals surface area contributed by atoms with Gasteiger partial charge in [-0.2, -0.15) is 0 Å². The van der Waals surface area contributed by atoms with Crippen LogP contribution in [0.2, 0.25) is 0 Å². The smallest absolute Gasteiger partial charge is 0.243 e. The van der Waals surface area contributed by atoms with Gasteiger partial charge in [-0.25, -0.2) is 26.1 Å². The Morgan fingerprint density at radius 2 is 1.85 bits per heavy atom. The van der Waals surface area contributed by atoms with Gasteiger partial charge < -0.3 is 0 Å². The van der Waals surface area contributed by atoms with E-state index in [9.17, 15) is 16.8 Å². The van der Waals surface area contributed by atoms with Crippen LogP contribution in [-0.4, -0.2) is 51.9 Å². The maximum atomic E-state index is 12.0. The molecule has 0 bridgehead atoms. The van der Waals surface area contributed by atoms with Gasteiger partial charge >= 0.3 is 0 Å². The standard InChI is InChI=1S/C11H17ClN2O4S2/c1-9(6-12)8-19(15,16)11-5-4-10(7-13-11)20(17,18)14(2)3/h4-5,7,9H,6,8H2,1-3H3. The van der Waals surface area contributed by atoms with Gasteiger partial charge in [0.25, 0.3) is 0 Å². The minimum Gasteiger partial charge on any atom is -0.243 e. The summed E-state index contributed by atoms with van der Waals surface area (Å²) in [6, 6.07) is 2.44. The molecule has 114 valence electrons. The number of alkyl halides is 1. The molecule has 0 saturated carbocycles. The lowest BCUT2D eigenvalue weighted by Crippen LogP contribution is -2.22. The Hall–Kier alpha value is -0.700. The first-order valence-corrected chi connectivity index (χ1v) is 9.41. The topological polar surface area (TPSA) is 84.4 Å². The highest BCUT2D eigenvalue weighted by Crippen LogP contribution is 2.16. The first-order valence-electron chi connectivity index (χ1n) is 5.78. The zero-order valence-electron chi connectivity index (χ0n) is 11.4. The molecule has 0 aromatic carbocycles. The second kappa shape index (κ2) is 6.38. The van der Waals surface area contributed by atoms with Gasteiger partial charge in [-0.05, 0) is 18.1 Å². The van der Waals surface area contributed by atoms with E-state index in [0.29, 0.717) is 0 Å². The SMILES string of the molecule is CC(CCl)CS(=O)(=O)c1ccc(S(=O)(=O)N(C)C)cn1. The lowest BCUT2D eigenvalue weighted by Gasteiger charge is -2.12. The molecule has 1 aromatic heterocycles. The lowest BCUT2D eigenvalue weighted by molar-refractivity contribution is 0.520. The van der Waals surface area contributed by atoms with E-state index in [2.05, 4.69) is 4.98 Å². The van der Waals surface area contributed by atoms with Crippen LogP contribution >= 0.6 is 11.6 Å². The van der Waals surface area contributed by atoms with E-state index in [1.165, 1.54) is 26.2 Å². The number of sulfone groups is 1. The normalized spacial score (nSPS) is 14.4. The molecule has 1 heterocycles. The largest absolute Gasteiger partial charge is 0.244 e. The molecule has 0 amide bonds. The predicted octanol–water partition coefficient (Wildman–Crippen LogP) is 0.981. The Labute approximate surface area is 124 Å². The summed E-state index contributed by atoms with van der Waals surface area (Å²) in [5.74, 6) is -0.0936. The molecule has 0 N–H and O–H groups in total. The highest BCUT2D eigenvalue weighted by Gasteiger charge is 2.22. The fraction of sp³-hybridized carbons (Fsp3) is 0.545. The summed E-state index contributed by atoms with van der Waals surface area (Å²) in [6.07, 6.45) is 1.05. The van der Waals surface area contributed by atoms with Crippen molar-refractivity contribution in [1.82, 2.24) is 9.29 Å². The first-order chi connectivity index (χ1) is 9.11. The Kier molecular flexibility index (Phi) is 5.54. The second-order valence-electron chi connectivity index (χ2n) is 4.66. The van der Waals surface area contributed by atoms with Crippen LogP contribution in [0.4, 0.5) is 0 Å². The number of aromatic nitrogens is 1. The van der Waals surface area contributed by atoms with Gasteiger partial charge in [0.2, 0.25) is 10.0 Å². The molecular weight excluding hydrogens is 324 g/mol. The molecule has 1 unspecified atom stereocenters. The van der Waals surface area contributed by atoms with Crippen LogP contribution in [0.15, 0.2) is 28.3 Å². The average Bonchev–Trinajstić information content (AvgIpc) is 2.38. The Bertz CT molecular complexity index is 654. The number of nitrogens with zero attached hydrogens (tertiary/aromatic N) is 2. The third-order valence-corrected chi connectivity index (χ3v) is 6.79. The molecule has 6 nitrogen and oxygen atoms in total. The molecule has 0 aliphatic heterocycles. The van der Waals surface area contributed by atoms with E-state index >= 15 is 0 Å². The molecule has 0 aliphatic rings. The number of halogens is 1. The quantitative estimate of drug-likeness (QED) is 0.721. The van der Waals surface area contributed by atoms with Crippen molar-refractivity contribution < 1.29 is 16.8 Å². The molecule has 20 heavy (non-hydrogen) atoms. The van der Waals surface area contributed by atoms with Crippen LogP contribution in [0.5, 0.6) is 0 Å². The highest BCUT2D eigenvalue weighted by molar-refractivity contribution is 7.91. The summed E-state index contributed by atoms with van der Waals surface area (Å²) in [5.41, 5.74) is 0. The van der Waals surface area contributed by atoms with E-state index in [4.69, 9.17) is 11.6 Å². The van der Waals surface area contributed by atoms with E-state index in [1.54, 1.807) is 6.92 Å². The van der Waals surface area contributed by atoms with Crippen molar-refractivity contribution in [3.8, 4) is 0 Å². The van der Waals surface area contributed by atoms with Crippen LogP contribution in [0.3, 0.4) is 0 Å². The lowest BCUT2D eigenvalue weighted by atomic mass is 10.3. The second-order valence-corrected chi connectivity index (χ2v) is 9.10. The maximum Gasteiger partial charge on any atom is 0.244 e. The van der Waals surface area contributed by atoms with Crippen LogP contribution in [0.1, 0.15) is 6.92 Å². The fourth-order valence-electron chi connectivity index (χ4n) is 1.42. The zero-order valence-corrected chi connectivity index (χ0v) is 13.8. The Balaban J connectivity index is 3.09. The Morgan fingerprint density at radius 3 is 2.25 bits per heavy atom.